The van der Waals surface area contributed by atoms with Gasteiger partial charge in [0.05, 0.1) is 6.61 Å². The van der Waals surface area contributed by atoms with E-state index in [9.17, 15) is 4.39 Å². The van der Waals surface area contributed by atoms with Gasteiger partial charge in [-0.3, -0.25) is 4.18 Å². The number of hydrogen-bond donors (Lipinski definition) is 0. The summed E-state index contributed by atoms with van der Waals surface area (Å²) < 4.78 is 22.6. The van der Waals surface area contributed by atoms with Gasteiger partial charge in [0.1, 0.15) is 0 Å². The van der Waals surface area contributed by atoms with E-state index in [1.165, 1.54) is 6.20 Å². The van der Waals surface area contributed by atoms with Crippen LogP contribution in [0.1, 0.15) is 12.5 Å². The Bertz CT molecular complexity index is 283. The van der Waals surface area contributed by atoms with Crippen LogP contribution in [0.25, 0.3) is 0 Å². The molecule has 0 bridgehead atoms. The average Bonchev–Trinajstić information content (AvgIpc) is 2.11. The van der Waals surface area contributed by atoms with E-state index < -0.39 is 5.95 Å². The van der Waals surface area contributed by atoms with Gasteiger partial charge in [-0.15, -0.1) is 0 Å². The van der Waals surface area contributed by atoms with Crippen molar-refractivity contribution in [1.82, 2.24) is 4.98 Å². The fourth-order valence-electron chi connectivity index (χ4n) is 0.693. The van der Waals surface area contributed by atoms with Crippen LogP contribution in [-0.4, -0.2) is 11.6 Å². The molecule has 1 aromatic heterocycles. The van der Waals surface area contributed by atoms with Crippen molar-refractivity contribution in [2.24, 2.45) is 0 Å². The third kappa shape index (κ3) is 3.20. The van der Waals surface area contributed by atoms with Crippen LogP contribution in [-0.2, 0) is 4.18 Å². The van der Waals surface area contributed by atoms with Gasteiger partial charge in [0.2, 0.25) is 12.3 Å². The van der Waals surface area contributed by atoms with Crippen LogP contribution >= 0.6 is 12.3 Å². The molecule has 0 atom stereocenters. The van der Waals surface area contributed by atoms with Gasteiger partial charge >= 0.3 is 0 Å². The van der Waals surface area contributed by atoms with Crippen molar-refractivity contribution in [2.75, 3.05) is 6.61 Å². The van der Waals surface area contributed by atoms with Gasteiger partial charge in [-0.2, -0.15) is 4.39 Å². The van der Waals surface area contributed by atoms with Gasteiger partial charge in [0.15, 0.2) is 5.75 Å². The second-order valence-electron chi connectivity index (χ2n) is 2.36. The van der Waals surface area contributed by atoms with Crippen LogP contribution in [0.5, 0.6) is 5.75 Å². The Kier molecular flexibility index (Phi) is 3.98. The van der Waals surface area contributed by atoms with Crippen molar-refractivity contribution < 1.29 is 12.8 Å². The van der Waals surface area contributed by atoms with Crippen LogP contribution in [0.3, 0.4) is 0 Å². The molecule has 0 radical (unpaired) electrons. The maximum Gasteiger partial charge on any atom is 0.256 e. The molecular formula is C8H10FNO2S. The summed E-state index contributed by atoms with van der Waals surface area (Å²) >= 11 is 0.749. The van der Waals surface area contributed by atoms with E-state index in [1.807, 2.05) is 13.8 Å². The number of nitrogens with zero attached hydrogens (tertiary/aromatic N) is 1. The second-order valence-corrected chi connectivity index (χ2v) is 2.90. The van der Waals surface area contributed by atoms with Gasteiger partial charge in [-0.05, 0) is 25.5 Å². The first-order valence-corrected chi connectivity index (χ1v) is 4.49. The summed E-state index contributed by atoms with van der Waals surface area (Å²) in [5, 5.41) is 0. The maximum absolute atomic E-state index is 12.9. The van der Waals surface area contributed by atoms with Crippen molar-refractivity contribution in [2.45, 2.75) is 13.8 Å². The Morgan fingerprint density at radius 2 is 2.38 bits per heavy atom. The van der Waals surface area contributed by atoms with Crippen molar-refractivity contribution >= 4 is 12.3 Å². The quantitative estimate of drug-likeness (QED) is 0.427. The van der Waals surface area contributed by atoms with E-state index in [4.69, 9.17) is 8.37 Å². The van der Waals surface area contributed by atoms with Crippen molar-refractivity contribution in [3.63, 3.8) is 0 Å². The number of halogens is 1. The molecule has 0 aromatic carbocycles. The normalized spacial score (nSPS) is 10.1. The summed E-state index contributed by atoms with van der Waals surface area (Å²) in [5.41, 5.74) is 0.841. The first kappa shape index (κ1) is 10.3. The molecule has 5 heteroatoms. The summed E-state index contributed by atoms with van der Waals surface area (Å²) in [6, 6.07) is 1.56. The molecule has 1 heterocycles. The standard InChI is InChI=1S/C8H10FNO2S/c1-3-11-13-12-7-4-6(2)5-10-8(7)9/h4-5H,3H2,1-2H3. The zero-order valence-electron chi connectivity index (χ0n) is 7.41. The lowest BCUT2D eigenvalue weighted by Gasteiger charge is -2.03. The lowest BCUT2D eigenvalue weighted by atomic mass is 10.3. The lowest BCUT2D eigenvalue weighted by molar-refractivity contribution is 0.364. The number of rotatable bonds is 4. The minimum absolute atomic E-state index is 0.0958. The fourth-order valence-corrected chi connectivity index (χ4v) is 1.03. The predicted octanol–water partition coefficient (Wildman–Crippen LogP) is 2.51. The molecule has 1 rings (SSSR count). The summed E-state index contributed by atoms with van der Waals surface area (Å²) in [4.78, 5) is 3.50. The van der Waals surface area contributed by atoms with E-state index in [-0.39, 0.29) is 5.75 Å². The summed E-state index contributed by atoms with van der Waals surface area (Å²) in [5.74, 6) is -0.531. The molecule has 72 valence electrons. The molecular weight excluding hydrogens is 193 g/mol. The molecule has 1 aromatic rings. The van der Waals surface area contributed by atoms with E-state index in [2.05, 4.69) is 4.98 Å². The van der Waals surface area contributed by atoms with Crippen LogP contribution in [0.2, 0.25) is 0 Å². The molecule has 0 saturated carbocycles. The van der Waals surface area contributed by atoms with Crippen molar-refractivity contribution in [3.8, 4) is 5.75 Å². The van der Waals surface area contributed by atoms with E-state index in [1.54, 1.807) is 6.07 Å². The zero-order chi connectivity index (χ0) is 9.68. The molecule has 13 heavy (non-hydrogen) atoms. The second kappa shape index (κ2) is 5.04. The monoisotopic (exact) mass is 203 g/mol. The smallest absolute Gasteiger partial charge is 0.256 e. The van der Waals surface area contributed by atoms with Crippen molar-refractivity contribution in [1.29, 1.82) is 0 Å². The number of hydrogen-bond acceptors (Lipinski definition) is 4. The van der Waals surface area contributed by atoms with Gasteiger partial charge in [-0.1, -0.05) is 0 Å². The highest BCUT2D eigenvalue weighted by atomic mass is 32.2. The minimum atomic E-state index is -0.627. The van der Waals surface area contributed by atoms with E-state index >= 15 is 0 Å². The summed E-state index contributed by atoms with van der Waals surface area (Å²) in [6.45, 7) is 4.14. The fraction of sp³-hybridized carbons (Fsp3) is 0.375. The Hall–Kier alpha value is -0.810. The predicted molar refractivity (Wildman–Crippen MR) is 48.8 cm³/mol. The third-order valence-corrected chi connectivity index (χ3v) is 1.81. The minimum Gasteiger partial charge on any atom is -0.395 e. The number of aryl methyl sites for hydroxylation is 1. The maximum atomic E-state index is 12.9. The van der Waals surface area contributed by atoms with E-state index in [0.29, 0.717) is 6.61 Å². The first-order valence-electron chi connectivity index (χ1n) is 3.82. The lowest BCUT2D eigenvalue weighted by Crippen LogP contribution is -1.92. The van der Waals surface area contributed by atoms with E-state index in [0.717, 1.165) is 17.9 Å². The molecule has 0 aliphatic rings. The molecule has 0 saturated heterocycles. The molecule has 0 aliphatic heterocycles. The molecule has 0 unspecified atom stereocenters. The summed E-state index contributed by atoms with van der Waals surface area (Å²) in [6.07, 6.45) is 1.44. The Balaban J connectivity index is 2.59. The molecule has 0 amide bonds. The topological polar surface area (TPSA) is 31.4 Å². The molecule has 0 fully saturated rings. The number of pyridine rings is 1. The zero-order valence-corrected chi connectivity index (χ0v) is 8.23. The van der Waals surface area contributed by atoms with Crippen LogP contribution < -0.4 is 4.18 Å². The third-order valence-electron chi connectivity index (χ3n) is 1.23. The highest BCUT2D eigenvalue weighted by Gasteiger charge is 2.05. The Labute approximate surface area is 80.7 Å². The molecule has 0 spiro atoms. The number of aromatic nitrogens is 1. The Morgan fingerprint density at radius 1 is 1.62 bits per heavy atom. The molecule has 0 aliphatic carbocycles. The van der Waals surface area contributed by atoms with Crippen LogP contribution in [0.15, 0.2) is 12.3 Å². The Morgan fingerprint density at radius 3 is 3.08 bits per heavy atom. The highest BCUT2D eigenvalue weighted by Crippen LogP contribution is 2.20. The van der Waals surface area contributed by atoms with Gasteiger partial charge in [-0.25, -0.2) is 4.98 Å². The van der Waals surface area contributed by atoms with Gasteiger partial charge in [0.25, 0.3) is 5.95 Å². The van der Waals surface area contributed by atoms with Crippen LogP contribution in [0.4, 0.5) is 4.39 Å². The highest BCUT2D eigenvalue weighted by molar-refractivity contribution is 7.90. The van der Waals surface area contributed by atoms with Gasteiger partial charge in [0, 0.05) is 6.20 Å². The SMILES string of the molecule is CCOSOc1cc(C)cnc1F. The average molecular weight is 203 g/mol. The largest absolute Gasteiger partial charge is 0.395 e. The van der Waals surface area contributed by atoms with Crippen molar-refractivity contribution in [3.05, 3.63) is 23.8 Å². The summed E-state index contributed by atoms with van der Waals surface area (Å²) in [7, 11) is 0. The molecule has 0 N–H and O–H groups in total. The molecule has 3 nitrogen and oxygen atoms in total. The van der Waals surface area contributed by atoms with Gasteiger partial charge < -0.3 is 4.18 Å². The first-order chi connectivity index (χ1) is 6.24. The van der Waals surface area contributed by atoms with Crippen LogP contribution in [0, 0.1) is 12.9 Å².